The van der Waals surface area contributed by atoms with Gasteiger partial charge in [-0.3, -0.25) is 10.1 Å². The Morgan fingerprint density at radius 2 is 1.88 bits per heavy atom. The summed E-state index contributed by atoms with van der Waals surface area (Å²) in [5.41, 5.74) is 1.89. The van der Waals surface area contributed by atoms with Crippen LogP contribution in [0.15, 0.2) is 29.6 Å². The highest BCUT2D eigenvalue weighted by atomic mass is 32.1. The first kappa shape index (κ1) is 18.9. The number of benzene rings is 1. The van der Waals surface area contributed by atoms with Crippen molar-refractivity contribution in [3.8, 4) is 0 Å². The molecule has 0 saturated heterocycles. The van der Waals surface area contributed by atoms with Crippen LogP contribution in [0.25, 0.3) is 0 Å². The second kappa shape index (κ2) is 7.65. The number of amides is 3. The summed E-state index contributed by atoms with van der Waals surface area (Å²) in [6, 6.07) is 6.52. The number of anilines is 2. The van der Waals surface area contributed by atoms with Crippen LogP contribution in [0, 0.1) is 0 Å². The lowest BCUT2D eigenvalue weighted by Gasteiger charge is -2.14. The molecule has 1 aromatic carbocycles. The average Bonchev–Trinajstić information content (AvgIpc) is 2.95. The molecule has 3 amide bonds. The Kier molecular flexibility index (Phi) is 5.79. The summed E-state index contributed by atoms with van der Waals surface area (Å²) in [4.78, 5) is 28.6. The SMILES string of the molecule is CC(C)NC(=O)Nc1cccc(C(=O)Nc2nc(C(C)(C)C)cs2)c1. The first-order chi connectivity index (χ1) is 11.6. The van der Waals surface area contributed by atoms with Crippen LogP contribution in [0.5, 0.6) is 0 Å². The second-order valence-electron chi connectivity index (χ2n) is 7.08. The van der Waals surface area contributed by atoms with E-state index in [2.05, 4.69) is 41.7 Å². The van der Waals surface area contributed by atoms with Crippen molar-refractivity contribution >= 4 is 34.1 Å². The highest BCUT2D eigenvalue weighted by molar-refractivity contribution is 7.14. The predicted octanol–water partition coefficient (Wildman–Crippen LogP) is 4.22. The number of carbonyl (C=O) groups excluding carboxylic acids is 2. The third-order valence-electron chi connectivity index (χ3n) is 3.30. The maximum atomic E-state index is 12.4. The van der Waals surface area contributed by atoms with Crippen molar-refractivity contribution in [1.82, 2.24) is 10.3 Å². The van der Waals surface area contributed by atoms with Gasteiger partial charge in [0.05, 0.1) is 5.69 Å². The standard InChI is InChI=1S/C18H24N4O2S/c1-11(2)19-16(24)20-13-8-6-7-12(9-13)15(23)22-17-21-14(10-25-17)18(3,4)5/h6-11H,1-5H3,(H2,19,20,24)(H,21,22,23). The molecule has 0 saturated carbocycles. The van der Waals surface area contributed by atoms with Gasteiger partial charge in [-0.15, -0.1) is 11.3 Å². The fourth-order valence-corrected chi connectivity index (χ4v) is 2.94. The third-order valence-corrected chi connectivity index (χ3v) is 4.05. The van der Waals surface area contributed by atoms with Crippen molar-refractivity contribution in [3.63, 3.8) is 0 Å². The Labute approximate surface area is 152 Å². The molecule has 1 heterocycles. The van der Waals surface area contributed by atoms with Gasteiger partial charge in [0.15, 0.2) is 5.13 Å². The zero-order chi connectivity index (χ0) is 18.6. The fraction of sp³-hybridized carbons (Fsp3) is 0.389. The van der Waals surface area contributed by atoms with Crippen LogP contribution in [0.2, 0.25) is 0 Å². The molecule has 1 aromatic heterocycles. The van der Waals surface area contributed by atoms with Gasteiger partial charge in [0.2, 0.25) is 0 Å². The van der Waals surface area contributed by atoms with E-state index in [4.69, 9.17) is 0 Å². The molecule has 0 bridgehead atoms. The minimum absolute atomic E-state index is 0.0356. The van der Waals surface area contributed by atoms with Gasteiger partial charge in [-0.2, -0.15) is 0 Å². The number of aromatic nitrogens is 1. The van der Waals surface area contributed by atoms with Crippen LogP contribution < -0.4 is 16.0 Å². The monoisotopic (exact) mass is 360 g/mol. The van der Waals surface area contributed by atoms with Crippen LogP contribution in [-0.4, -0.2) is 23.0 Å². The molecular formula is C18H24N4O2S. The van der Waals surface area contributed by atoms with Gasteiger partial charge in [-0.25, -0.2) is 9.78 Å². The van der Waals surface area contributed by atoms with E-state index in [1.807, 2.05) is 19.2 Å². The van der Waals surface area contributed by atoms with E-state index >= 15 is 0 Å². The van der Waals surface area contributed by atoms with E-state index in [0.717, 1.165) is 5.69 Å². The lowest BCUT2D eigenvalue weighted by atomic mass is 9.93. The summed E-state index contributed by atoms with van der Waals surface area (Å²) in [5, 5.41) is 10.8. The van der Waals surface area contributed by atoms with Crippen molar-refractivity contribution < 1.29 is 9.59 Å². The van der Waals surface area contributed by atoms with Gasteiger partial charge in [0, 0.05) is 28.1 Å². The summed E-state index contributed by atoms with van der Waals surface area (Å²) in [7, 11) is 0. The lowest BCUT2D eigenvalue weighted by molar-refractivity contribution is 0.102. The summed E-state index contributed by atoms with van der Waals surface area (Å²) in [6.07, 6.45) is 0. The Morgan fingerprint density at radius 1 is 1.16 bits per heavy atom. The zero-order valence-electron chi connectivity index (χ0n) is 15.1. The molecule has 2 aromatic rings. The molecular weight excluding hydrogens is 336 g/mol. The molecule has 0 aliphatic carbocycles. The highest BCUT2D eigenvalue weighted by Crippen LogP contribution is 2.26. The van der Waals surface area contributed by atoms with E-state index < -0.39 is 0 Å². The minimum Gasteiger partial charge on any atom is -0.336 e. The molecule has 0 spiro atoms. The largest absolute Gasteiger partial charge is 0.336 e. The minimum atomic E-state index is -0.303. The molecule has 0 atom stereocenters. The number of carbonyl (C=O) groups is 2. The third kappa shape index (κ3) is 5.56. The quantitative estimate of drug-likeness (QED) is 0.763. The molecule has 0 aliphatic rings. The van der Waals surface area contributed by atoms with Crippen LogP contribution in [-0.2, 0) is 5.41 Å². The maximum Gasteiger partial charge on any atom is 0.319 e. The number of thiazole rings is 1. The van der Waals surface area contributed by atoms with Crippen molar-refractivity contribution in [1.29, 1.82) is 0 Å². The smallest absolute Gasteiger partial charge is 0.319 e. The van der Waals surface area contributed by atoms with E-state index in [0.29, 0.717) is 16.4 Å². The molecule has 0 unspecified atom stereocenters. The van der Waals surface area contributed by atoms with Gasteiger partial charge in [0.25, 0.3) is 5.91 Å². The van der Waals surface area contributed by atoms with E-state index in [1.165, 1.54) is 11.3 Å². The average molecular weight is 360 g/mol. The molecule has 0 fully saturated rings. The lowest BCUT2D eigenvalue weighted by Crippen LogP contribution is -2.34. The van der Waals surface area contributed by atoms with Crippen molar-refractivity contribution in [2.24, 2.45) is 0 Å². The van der Waals surface area contributed by atoms with Crippen LogP contribution in [0.4, 0.5) is 15.6 Å². The molecule has 0 radical (unpaired) electrons. The number of hydrogen-bond acceptors (Lipinski definition) is 4. The topological polar surface area (TPSA) is 83.1 Å². The van der Waals surface area contributed by atoms with Gasteiger partial charge < -0.3 is 10.6 Å². The highest BCUT2D eigenvalue weighted by Gasteiger charge is 2.18. The predicted molar refractivity (Wildman–Crippen MR) is 102 cm³/mol. The molecule has 2 rings (SSSR count). The van der Waals surface area contributed by atoms with Gasteiger partial charge >= 0.3 is 6.03 Å². The molecule has 3 N–H and O–H groups in total. The molecule has 6 nitrogen and oxygen atoms in total. The fourth-order valence-electron chi connectivity index (χ4n) is 2.01. The summed E-state index contributed by atoms with van der Waals surface area (Å²) in [6.45, 7) is 9.98. The first-order valence-corrected chi connectivity index (χ1v) is 8.98. The Bertz CT molecular complexity index is 762. The Hall–Kier alpha value is -2.41. The number of nitrogens with one attached hydrogen (secondary N) is 3. The second-order valence-corrected chi connectivity index (χ2v) is 7.93. The van der Waals surface area contributed by atoms with Crippen molar-refractivity contribution in [2.75, 3.05) is 10.6 Å². The number of hydrogen-bond donors (Lipinski definition) is 3. The van der Waals surface area contributed by atoms with Crippen LogP contribution in [0.3, 0.4) is 0 Å². The zero-order valence-corrected chi connectivity index (χ0v) is 16.0. The summed E-state index contributed by atoms with van der Waals surface area (Å²) < 4.78 is 0. The van der Waals surface area contributed by atoms with Crippen LogP contribution >= 0.6 is 11.3 Å². The number of nitrogens with zero attached hydrogens (tertiary/aromatic N) is 1. The van der Waals surface area contributed by atoms with Gasteiger partial charge in [-0.1, -0.05) is 26.8 Å². The van der Waals surface area contributed by atoms with E-state index in [-0.39, 0.29) is 23.4 Å². The van der Waals surface area contributed by atoms with Gasteiger partial charge in [0.1, 0.15) is 0 Å². The maximum absolute atomic E-state index is 12.4. The number of urea groups is 1. The molecule has 7 heteroatoms. The molecule has 25 heavy (non-hydrogen) atoms. The molecule has 0 aliphatic heterocycles. The van der Waals surface area contributed by atoms with Crippen molar-refractivity contribution in [2.45, 2.75) is 46.1 Å². The first-order valence-electron chi connectivity index (χ1n) is 8.10. The Morgan fingerprint density at radius 3 is 2.48 bits per heavy atom. The summed E-state index contributed by atoms with van der Waals surface area (Å²) >= 11 is 1.40. The Balaban J connectivity index is 2.06. The van der Waals surface area contributed by atoms with E-state index in [9.17, 15) is 9.59 Å². The van der Waals surface area contributed by atoms with Crippen molar-refractivity contribution in [3.05, 3.63) is 40.9 Å². The summed E-state index contributed by atoms with van der Waals surface area (Å²) in [5.74, 6) is -0.261. The number of rotatable bonds is 4. The normalized spacial score (nSPS) is 11.3. The van der Waals surface area contributed by atoms with Crippen LogP contribution in [0.1, 0.15) is 50.7 Å². The molecule has 134 valence electrons. The van der Waals surface area contributed by atoms with Gasteiger partial charge in [-0.05, 0) is 32.0 Å². The van der Waals surface area contributed by atoms with E-state index in [1.54, 1.807) is 24.3 Å².